The van der Waals surface area contributed by atoms with Gasteiger partial charge in [0.1, 0.15) is 0 Å². The average molecular weight is 307 g/mol. The highest BCUT2D eigenvalue weighted by Crippen LogP contribution is 2.33. The molecule has 6 heteroatoms. The zero-order valence-corrected chi connectivity index (χ0v) is 13.5. The van der Waals surface area contributed by atoms with Gasteiger partial charge in [-0.2, -0.15) is 0 Å². The predicted molar refractivity (Wildman–Crippen MR) is 84.8 cm³/mol. The summed E-state index contributed by atoms with van der Waals surface area (Å²) >= 11 is 0. The maximum atomic E-state index is 11.5. The minimum atomic E-state index is -0.138. The first kappa shape index (κ1) is 16.6. The van der Waals surface area contributed by atoms with Gasteiger partial charge in [0, 0.05) is 6.04 Å². The number of fused-ring (bicyclic) bond motifs is 1. The van der Waals surface area contributed by atoms with Gasteiger partial charge in [-0.3, -0.25) is 9.69 Å². The van der Waals surface area contributed by atoms with Crippen LogP contribution in [0, 0.1) is 0 Å². The van der Waals surface area contributed by atoms with E-state index in [9.17, 15) is 4.79 Å². The number of nitrogens with zero attached hydrogens (tertiary/aromatic N) is 1. The molecule has 3 N–H and O–H groups in total. The van der Waals surface area contributed by atoms with Crippen molar-refractivity contribution in [2.45, 2.75) is 39.4 Å². The molecule has 1 amide bonds. The molecule has 1 aliphatic heterocycles. The number of rotatable bonds is 7. The summed E-state index contributed by atoms with van der Waals surface area (Å²) in [5.74, 6) is 1.46. The van der Waals surface area contributed by atoms with E-state index in [1.165, 1.54) is 5.56 Å². The summed E-state index contributed by atoms with van der Waals surface area (Å²) < 4.78 is 10.7. The highest BCUT2D eigenvalue weighted by atomic mass is 16.7. The Labute approximate surface area is 131 Å². The summed E-state index contributed by atoms with van der Waals surface area (Å²) in [6.07, 6.45) is 0.817. The number of benzene rings is 1. The van der Waals surface area contributed by atoms with Crippen LogP contribution in [0.2, 0.25) is 0 Å². The molecule has 0 saturated heterocycles. The fourth-order valence-corrected chi connectivity index (χ4v) is 2.87. The smallest absolute Gasteiger partial charge is 0.234 e. The Balaban J connectivity index is 1.99. The van der Waals surface area contributed by atoms with E-state index in [1.807, 2.05) is 19.1 Å². The molecule has 122 valence electrons. The van der Waals surface area contributed by atoms with E-state index in [1.54, 1.807) is 0 Å². The van der Waals surface area contributed by atoms with E-state index in [-0.39, 0.29) is 31.5 Å². The Bertz CT molecular complexity index is 521. The first-order valence-corrected chi connectivity index (χ1v) is 7.68. The number of hydrogen-bond acceptors (Lipinski definition) is 5. The lowest BCUT2D eigenvalue weighted by atomic mass is 10.0. The molecule has 1 heterocycles. The van der Waals surface area contributed by atoms with Gasteiger partial charge in [0.2, 0.25) is 12.7 Å². The molecule has 1 aromatic carbocycles. The number of hydrogen-bond donors (Lipinski definition) is 2. The zero-order chi connectivity index (χ0) is 16.1. The SMILES string of the molecule is CCN(C(C)Cc1ccc2c(c1)OCO2)C(C)NC(=O)CN. The maximum absolute atomic E-state index is 11.5. The van der Waals surface area contributed by atoms with Gasteiger partial charge in [-0.25, -0.2) is 0 Å². The molecule has 6 nitrogen and oxygen atoms in total. The Hall–Kier alpha value is -1.79. The standard InChI is InChI=1S/C16H25N3O3/c1-4-19(12(3)18-16(20)9-17)11(2)7-13-5-6-14-15(8-13)22-10-21-14/h5-6,8,11-12H,4,7,9-10,17H2,1-3H3,(H,18,20). The normalized spacial score (nSPS) is 15.7. The van der Waals surface area contributed by atoms with Crippen molar-refractivity contribution in [1.82, 2.24) is 10.2 Å². The van der Waals surface area contributed by atoms with Crippen molar-refractivity contribution in [1.29, 1.82) is 0 Å². The highest BCUT2D eigenvalue weighted by molar-refractivity contribution is 5.77. The fraction of sp³-hybridized carbons (Fsp3) is 0.562. The van der Waals surface area contributed by atoms with Crippen LogP contribution in [0.1, 0.15) is 26.3 Å². The molecule has 0 fully saturated rings. The van der Waals surface area contributed by atoms with Gasteiger partial charge in [-0.05, 0) is 44.5 Å². The van der Waals surface area contributed by atoms with Crippen molar-refractivity contribution >= 4 is 5.91 Å². The van der Waals surface area contributed by atoms with E-state index < -0.39 is 0 Å². The van der Waals surface area contributed by atoms with Crippen LogP contribution in [0.25, 0.3) is 0 Å². The molecular formula is C16H25N3O3. The average Bonchev–Trinajstić information content (AvgIpc) is 2.95. The van der Waals surface area contributed by atoms with E-state index in [4.69, 9.17) is 15.2 Å². The van der Waals surface area contributed by atoms with Gasteiger partial charge in [0.05, 0.1) is 12.7 Å². The number of nitrogens with two attached hydrogens (primary N) is 1. The van der Waals surface area contributed by atoms with Crippen LogP contribution in [-0.4, -0.2) is 42.9 Å². The summed E-state index contributed by atoms with van der Waals surface area (Å²) in [7, 11) is 0. The third-order valence-electron chi connectivity index (χ3n) is 3.95. The van der Waals surface area contributed by atoms with Crippen molar-refractivity contribution in [2.75, 3.05) is 19.9 Å². The van der Waals surface area contributed by atoms with Crippen LogP contribution in [0.15, 0.2) is 18.2 Å². The number of amides is 1. The van der Waals surface area contributed by atoms with E-state index in [0.717, 1.165) is 24.5 Å². The van der Waals surface area contributed by atoms with Gasteiger partial charge >= 0.3 is 0 Å². The molecule has 22 heavy (non-hydrogen) atoms. The molecule has 0 bridgehead atoms. The lowest BCUT2D eigenvalue weighted by Gasteiger charge is -2.34. The van der Waals surface area contributed by atoms with E-state index in [0.29, 0.717) is 0 Å². The largest absolute Gasteiger partial charge is 0.454 e. The Morgan fingerprint density at radius 2 is 2.09 bits per heavy atom. The van der Waals surface area contributed by atoms with Gasteiger partial charge in [-0.1, -0.05) is 13.0 Å². The van der Waals surface area contributed by atoms with E-state index in [2.05, 4.69) is 30.1 Å². The maximum Gasteiger partial charge on any atom is 0.234 e. The first-order valence-electron chi connectivity index (χ1n) is 7.68. The molecular weight excluding hydrogens is 282 g/mol. The van der Waals surface area contributed by atoms with Crippen LogP contribution < -0.4 is 20.5 Å². The lowest BCUT2D eigenvalue weighted by Crippen LogP contribution is -2.51. The van der Waals surface area contributed by atoms with Crippen LogP contribution in [0.5, 0.6) is 11.5 Å². The number of nitrogens with one attached hydrogen (secondary N) is 1. The highest BCUT2D eigenvalue weighted by Gasteiger charge is 2.21. The second kappa shape index (κ2) is 7.47. The molecule has 0 saturated carbocycles. The number of likely N-dealkylation sites (N-methyl/N-ethyl adjacent to an activating group) is 1. The minimum absolute atomic E-state index is 0.0123. The monoisotopic (exact) mass is 307 g/mol. The molecule has 0 spiro atoms. The van der Waals surface area contributed by atoms with Crippen molar-refractivity contribution in [2.24, 2.45) is 5.73 Å². The predicted octanol–water partition coefficient (Wildman–Crippen LogP) is 1.09. The molecule has 1 aliphatic rings. The van der Waals surface area contributed by atoms with Crippen LogP contribution >= 0.6 is 0 Å². The Morgan fingerprint density at radius 1 is 1.36 bits per heavy atom. The second-order valence-corrected chi connectivity index (χ2v) is 5.52. The Kier molecular flexibility index (Phi) is 5.63. The lowest BCUT2D eigenvalue weighted by molar-refractivity contribution is -0.121. The summed E-state index contributed by atoms with van der Waals surface area (Å²) in [5, 5.41) is 2.91. The van der Waals surface area contributed by atoms with Gasteiger partial charge in [0.15, 0.2) is 11.5 Å². The molecule has 1 aromatic rings. The second-order valence-electron chi connectivity index (χ2n) is 5.52. The molecule has 0 radical (unpaired) electrons. The van der Waals surface area contributed by atoms with E-state index >= 15 is 0 Å². The number of ether oxygens (including phenoxy) is 2. The van der Waals surface area contributed by atoms with Gasteiger partial charge in [0.25, 0.3) is 0 Å². The summed E-state index contributed by atoms with van der Waals surface area (Å²) in [6, 6.07) is 6.30. The van der Waals surface area contributed by atoms with Crippen LogP contribution in [0.4, 0.5) is 0 Å². The fourth-order valence-electron chi connectivity index (χ4n) is 2.87. The van der Waals surface area contributed by atoms with Crippen molar-refractivity contribution in [3.8, 4) is 11.5 Å². The zero-order valence-electron chi connectivity index (χ0n) is 13.5. The molecule has 2 atom stereocenters. The quantitative estimate of drug-likeness (QED) is 0.737. The van der Waals surface area contributed by atoms with Gasteiger partial charge < -0.3 is 20.5 Å². The molecule has 0 aromatic heterocycles. The number of carbonyl (C=O) groups excluding carboxylic acids is 1. The molecule has 2 rings (SSSR count). The summed E-state index contributed by atoms with van der Waals surface area (Å²) in [5.41, 5.74) is 6.54. The first-order chi connectivity index (χ1) is 10.5. The molecule has 2 unspecified atom stereocenters. The minimum Gasteiger partial charge on any atom is -0.454 e. The van der Waals surface area contributed by atoms with Crippen LogP contribution in [-0.2, 0) is 11.2 Å². The summed E-state index contributed by atoms with van der Waals surface area (Å²) in [4.78, 5) is 13.7. The topological polar surface area (TPSA) is 76.8 Å². The third kappa shape index (κ3) is 3.90. The number of carbonyl (C=O) groups is 1. The van der Waals surface area contributed by atoms with Gasteiger partial charge in [-0.15, -0.1) is 0 Å². The Morgan fingerprint density at radius 3 is 2.77 bits per heavy atom. The molecule has 0 aliphatic carbocycles. The third-order valence-corrected chi connectivity index (χ3v) is 3.95. The van der Waals surface area contributed by atoms with Crippen LogP contribution in [0.3, 0.4) is 0 Å². The summed E-state index contributed by atoms with van der Waals surface area (Å²) in [6.45, 7) is 7.36. The van der Waals surface area contributed by atoms with Crippen molar-refractivity contribution < 1.29 is 14.3 Å². The van der Waals surface area contributed by atoms with Crippen molar-refractivity contribution in [3.63, 3.8) is 0 Å². The van der Waals surface area contributed by atoms with Crippen molar-refractivity contribution in [3.05, 3.63) is 23.8 Å².